The number of benzene rings is 5. The van der Waals surface area contributed by atoms with Crippen LogP contribution in [0.5, 0.6) is 0 Å². The van der Waals surface area contributed by atoms with Crippen molar-refractivity contribution in [2.24, 2.45) is 0 Å². The van der Waals surface area contributed by atoms with Gasteiger partial charge in [-0.3, -0.25) is 0 Å². The minimum Gasteiger partial charge on any atom is -0.135 e. The summed E-state index contributed by atoms with van der Waals surface area (Å²) < 4.78 is 2.65. The van der Waals surface area contributed by atoms with Crippen LogP contribution in [-0.4, -0.2) is 0 Å². The van der Waals surface area contributed by atoms with E-state index in [0.29, 0.717) is 0 Å². The summed E-state index contributed by atoms with van der Waals surface area (Å²) in [6.45, 7) is 3.89. The second-order valence-electron chi connectivity index (χ2n) is 9.04. The minimum absolute atomic E-state index is 1.14. The van der Waals surface area contributed by atoms with Crippen LogP contribution < -0.4 is 0 Å². The van der Waals surface area contributed by atoms with Crippen LogP contribution in [0.2, 0.25) is 0 Å². The van der Waals surface area contributed by atoms with E-state index in [4.69, 9.17) is 0 Å². The van der Waals surface area contributed by atoms with Crippen LogP contribution in [0, 0.1) is 0 Å². The van der Waals surface area contributed by atoms with Crippen molar-refractivity contribution in [1.82, 2.24) is 0 Å². The molecule has 6 rings (SSSR count). The maximum atomic E-state index is 3.89. The van der Waals surface area contributed by atoms with Gasteiger partial charge in [0, 0.05) is 20.2 Å². The third kappa shape index (κ3) is 4.70. The minimum atomic E-state index is 1.14. The number of rotatable bonds is 6. The highest BCUT2D eigenvalue weighted by Gasteiger charge is 2.13. The number of hydrogen-bond acceptors (Lipinski definition) is 1. The summed E-state index contributed by atoms with van der Waals surface area (Å²) in [6.07, 6.45) is 8.21. The van der Waals surface area contributed by atoms with Gasteiger partial charge >= 0.3 is 0 Å². The van der Waals surface area contributed by atoms with Gasteiger partial charge in [-0.15, -0.1) is 11.3 Å². The monoisotopic (exact) mass is 490 g/mol. The molecule has 0 fully saturated rings. The molecule has 0 atom stereocenters. The Morgan fingerprint density at radius 3 is 2.00 bits per heavy atom. The van der Waals surface area contributed by atoms with E-state index < -0.39 is 0 Å². The number of thiophene rings is 1. The van der Waals surface area contributed by atoms with E-state index in [9.17, 15) is 0 Å². The lowest BCUT2D eigenvalue weighted by atomic mass is 9.92. The summed E-state index contributed by atoms with van der Waals surface area (Å²) in [4.78, 5) is 0. The van der Waals surface area contributed by atoms with E-state index in [2.05, 4.69) is 134 Å². The zero-order chi connectivity index (χ0) is 25.0. The van der Waals surface area contributed by atoms with Gasteiger partial charge < -0.3 is 0 Å². The molecule has 0 unspecified atom stereocenters. The molecule has 1 heterocycles. The Labute approximate surface area is 222 Å². The van der Waals surface area contributed by atoms with E-state index in [1.807, 2.05) is 29.6 Å². The molecule has 0 saturated carbocycles. The lowest BCUT2D eigenvalue weighted by Gasteiger charge is -2.12. The Kier molecular flexibility index (Phi) is 6.37. The average molecular weight is 491 g/mol. The molecule has 0 N–H and O–H groups in total. The summed E-state index contributed by atoms with van der Waals surface area (Å²) in [5.41, 5.74) is 8.47. The fourth-order valence-corrected chi connectivity index (χ4v) is 5.96. The van der Waals surface area contributed by atoms with Crippen molar-refractivity contribution in [2.75, 3.05) is 0 Å². The fourth-order valence-electron chi connectivity index (χ4n) is 4.83. The number of allylic oxidation sites excluding steroid dienone is 4. The van der Waals surface area contributed by atoms with Crippen LogP contribution >= 0.6 is 11.3 Å². The van der Waals surface area contributed by atoms with Crippen LogP contribution in [0.25, 0.3) is 54.1 Å². The van der Waals surface area contributed by atoms with Gasteiger partial charge in [-0.2, -0.15) is 0 Å². The molecule has 0 saturated heterocycles. The van der Waals surface area contributed by atoms with E-state index in [1.165, 1.54) is 53.6 Å². The number of hydrogen-bond donors (Lipinski definition) is 0. The second kappa shape index (κ2) is 10.3. The van der Waals surface area contributed by atoms with Crippen LogP contribution in [-0.2, 0) is 0 Å². The molecule has 37 heavy (non-hydrogen) atoms. The smallest absolute Gasteiger partial charge is 0.0362 e. The third-order valence-corrected chi connectivity index (χ3v) is 7.82. The highest BCUT2D eigenvalue weighted by Crippen LogP contribution is 2.41. The molecular formula is C36H26S. The summed E-state index contributed by atoms with van der Waals surface area (Å²) in [6, 6.07) is 43.4. The van der Waals surface area contributed by atoms with Crippen molar-refractivity contribution in [3.63, 3.8) is 0 Å². The first-order valence-electron chi connectivity index (χ1n) is 12.5. The maximum Gasteiger partial charge on any atom is 0.0362 e. The molecule has 0 spiro atoms. The molecule has 0 aliphatic rings. The van der Waals surface area contributed by atoms with E-state index in [0.717, 1.165) is 5.57 Å². The highest BCUT2D eigenvalue weighted by atomic mass is 32.1. The van der Waals surface area contributed by atoms with Gasteiger partial charge in [-0.1, -0.05) is 134 Å². The highest BCUT2D eigenvalue weighted by molar-refractivity contribution is 7.25. The SMILES string of the molecule is C=C/C=C(\C=C/c1ccc(-c2cc3sc4ccccc4c3cc2-c2ccccc2)cc1)c1ccccc1. The maximum absolute atomic E-state index is 3.89. The lowest BCUT2D eigenvalue weighted by Crippen LogP contribution is -1.86. The van der Waals surface area contributed by atoms with Gasteiger partial charge in [-0.05, 0) is 57.2 Å². The Morgan fingerprint density at radius 2 is 1.24 bits per heavy atom. The number of fused-ring (bicyclic) bond motifs is 3. The molecule has 0 nitrogen and oxygen atoms in total. The molecule has 1 heteroatoms. The molecule has 0 bridgehead atoms. The van der Waals surface area contributed by atoms with E-state index in [1.54, 1.807) is 0 Å². The van der Waals surface area contributed by atoms with Gasteiger partial charge in [-0.25, -0.2) is 0 Å². The standard InChI is InChI=1S/C36H26S/c1-2-11-27(28-12-5-3-6-13-28)21-18-26-19-22-30(23-20-26)33-25-36-34(31-16-9-10-17-35(31)37-36)24-32(33)29-14-7-4-8-15-29/h2-25H,1H2/b21-18-,27-11+. The predicted molar refractivity (Wildman–Crippen MR) is 164 cm³/mol. The molecule has 0 radical (unpaired) electrons. The zero-order valence-corrected chi connectivity index (χ0v) is 21.3. The Bertz CT molecular complexity index is 1750. The van der Waals surface area contributed by atoms with E-state index in [-0.39, 0.29) is 0 Å². The largest absolute Gasteiger partial charge is 0.135 e. The van der Waals surface area contributed by atoms with Crippen LogP contribution in [0.15, 0.2) is 146 Å². The molecule has 176 valence electrons. The van der Waals surface area contributed by atoms with Gasteiger partial charge in [0.1, 0.15) is 0 Å². The summed E-state index contributed by atoms with van der Waals surface area (Å²) in [5.74, 6) is 0. The molecule has 0 aliphatic carbocycles. The third-order valence-electron chi connectivity index (χ3n) is 6.68. The van der Waals surface area contributed by atoms with Crippen molar-refractivity contribution in [3.05, 3.63) is 157 Å². The Morgan fingerprint density at radius 1 is 0.595 bits per heavy atom. The first-order chi connectivity index (χ1) is 18.3. The zero-order valence-electron chi connectivity index (χ0n) is 20.5. The lowest BCUT2D eigenvalue weighted by molar-refractivity contribution is 1.59. The Balaban J connectivity index is 1.41. The molecule has 5 aromatic carbocycles. The van der Waals surface area contributed by atoms with Gasteiger partial charge in [0.15, 0.2) is 0 Å². The van der Waals surface area contributed by atoms with Crippen molar-refractivity contribution < 1.29 is 0 Å². The fraction of sp³-hybridized carbons (Fsp3) is 0. The van der Waals surface area contributed by atoms with Gasteiger partial charge in [0.05, 0.1) is 0 Å². The summed E-state index contributed by atoms with van der Waals surface area (Å²) in [5, 5.41) is 2.65. The molecule has 0 amide bonds. The van der Waals surface area contributed by atoms with Crippen molar-refractivity contribution in [3.8, 4) is 22.3 Å². The molecule has 0 aliphatic heterocycles. The van der Waals surface area contributed by atoms with Crippen LogP contribution in [0.4, 0.5) is 0 Å². The topological polar surface area (TPSA) is 0 Å². The van der Waals surface area contributed by atoms with E-state index >= 15 is 0 Å². The van der Waals surface area contributed by atoms with Crippen LogP contribution in [0.1, 0.15) is 11.1 Å². The molecule has 1 aromatic heterocycles. The predicted octanol–water partition coefficient (Wildman–Crippen LogP) is 10.7. The molecular weight excluding hydrogens is 464 g/mol. The first kappa shape index (κ1) is 23.0. The van der Waals surface area contributed by atoms with Crippen LogP contribution in [0.3, 0.4) is 0 Å². The average Bonchev–Trinajstić information content (AvgIpc) is 3.33. The molecule has 6 aromatic rings. The van der Waals surface area contributed by atoms with Crippen molar-refractivity contribution >= 4 is 43.2 Å². The summed E-state index contributed by atoms with van der Waals surface area (Å²) in [7, 11) is 0. The normalized spacial score (nSPS) is 11.9. The van der Waals surface area contributed by atoms with Crippen molar-refractivity contribution in [1.29, 1.82) is 0 Å². The quantitative estimate of drug-likeness (QED) is 0.204. The van der Waals surface area contributed by atoms with Gasteiger partial charge in [0.25, 0.3) is 0 Å². The van der Waals surface area contributed by atoms with Gasteiger partial charge in [0.2, 0.25) is 0 Å². The first-order valence-corrected chi connectivity index (χ1v) is 13.3. The van der Waals surface area contributed by atoms with Crippen molar-refractivity contribution in [2.45, 2.75) is 0 Å². The second-order valence-corrected chi connectivity index (χ2v) is 10.1. The Hall–Kier alpha value is -4.46. The summed E-state index contributed by atoms with van der Waals surface area (Å²) >= 11 is 1.87.